The van der Waals surface area contributed by atoms with Gasteiger partial charge in [-0.25, -0.2) is 4.39 Å². The van der Waals surface area contributed by atoms with Crippen molar-refractivity contribution in [1.82, 2.24) is 0 Å². The van der Waals surface area contributed by atoms with Crippen LogP contribution in [0.1, 0.15) is 11.1 Å². The molecule has 0 spiro atoms. The Morgan fingerprint density at radius 3 is 2.24 bits per heavy atom. The van der Waals surface area contributed by atoms with Crippen LogP contribution < -0.4 is 4.74 Å². The van der Waals surface area contributed by atoms with Gasteiger partial charge in [0, 0.05) is 11.6 Å². The number of rotatable bonds is 5. The van der Waals surface area contributed by atoms with Crippen molar-refractivity contribution >= 4 is 0 Å². The van der Waals surface area contributed by atoms with Gasteiger partial charge in [0.1, 0.15) is 18.2 Å². The highest BCUT2D eigenvalue weighted by atomic mass is 19.4. The zero-order chi connectivity index (χ0) is 15.3. The van der Waals surface area contributed by atoms with Crippen molar-refractivity contribution < 1.29 is 27.0 Å². The summed E-state index contributed by atoms with van der Waals surface area (Å²) in [4.78, 5) is 0. The fraction of sp³-hybridized carbons (Fsp3) is 0.200. The summed E-state index contributed by atoms with van der Waals surface area (Å²) in [7, 11) is 0. The molecule has 2 nitrogen and oxygen atoms in total. The topological polar surface area (TPSA) is 18.5 Å². The first kappa shape index (κ1) is 15.3. The van der Waals surface area contributed by atoms with Gasteiger partial charge < -0.3 is 4.74 Å². The van der Waals surface area contributed by atoms with Crippen molar-refractivity contribution in [2.45, 2.75) is 19.6 Å². The fourth-order valence-corrected chi connectivity index (χ4v) is 1.64. The van der Waals surface area contributed by atoms with Crippen LogP contribution in [0.3, 0.4) is 0 Å². The van der Waals surface area contributed by atoms with Crippen molar-refractivity contribution in [1.29, 1.82) is 0 Å². The van der Waals surface area contributed by atoms with Gasteiger partial charge >= 0.3 is 6.36 Å². The highest BCUT2D eigenvalue weighted by molar-refractivity contribution is 5.29. The number of ether oxygens (including phenoxy) is 2. The quantitative estimate of drug-likeness (QED) is 0.760. The number of hydrogen-bond donors (Lipinski definition) is 0. The molecule has 2 aromatic rings. The molecule has 0 aliphatic heterocycles. The third-order valence-electron chi connectivity index (χ3n) is 2.66. The van der Waals surface area contributed by atoms with E-state index in [0.29, 0.717) is 0 Å². The summed E-state index contributed by atoms with van der Waals surface area (Å²) in [5, 5.41) is 0. The van der Waals surface area contributed by atoms with E-state index >= 15 is 0 Å². The van der Waals surface area contributed by atoms with Crippen LogP contribution >= 0.6 is 0 Å². The maximum absolute atomic E-state index is 13.6. The van der Waals surface area contributed by atoms with Crippen molar-refractivity contribution in [3.63, 3.8) is 0 Å². The van der Waals surface area contributed by atoms with Crippen LogP contribution in [0.25, 0.3) is 0 Å². The van der Waals surface area contributed by atoms with E-state index in [9.17, 15) is 17.6 Å². The standard InChI is InChI=1S/C15H12F4O2/c16-14-8-13(20-9-11-4-2-1-3-5-11)7-6-12(14)10-21-15(17,18)19/h1-8H,9-10H2. The van der Waals surface area contributed by atoms with Crippen molar-refractivity contribution in [2.75, 3.05) is 0 Å². The zero-order valence-electron chi connectivity index (χ0n) is 10.9. The SMILES string of the molecule is Fc1cc(OCc2ccccc2)ccc1COC(F)(F)F. The van der Waals surface area contributed by atoms with E-state index in [0.717, 1.165) is 11.6 Å². The van der Waals surface area contributed by atoms with Gasteiger partial charge in [0.2, 0.25) is 0 Å². The molecular formula is C15H12F4O2. The first-order chi connectivity index (χ1) is 9.94. The monoisotopic (exact) mass is 300 g/mol. The molecule has 0 atom stereocenters. The molecule has 0 aliphatic carbocycles. The summed E-state index contributed by atoms with van der Waals surface area (Å²) in [6, 6.07) is 12.9. The minimum absolute atomic E-state index is 0.181. The molecule has 21 heavy (non-hydrogen) atoms. The minimum atomic E-state index is -4.78. The van der Waals surface area contributed by atoms with Gasteiger partial charge in [0.05, 0.1) is 6.61 Å². The Morgan fingerprint density at radius 2 is 1.62 bits per heavy atom. The molecule has 2 rings (SSSR count). The third kappa shape index (κ3) is 5.07. The van der Waals surface area contributed by atoms with E-state index in [1.807, 2.05) is 30.3 Å². The molecule has 2 aromatic carbocycles. The number of benzene rings is 2. The summed E-state index contributed by atoms with van der Waals surface area (Å²) in [5.74, 6) is -0.558. The Labute approximate surface area is 118 Å². The Bertz CT molecular complexity index is 582. The van der Waals surface area contributed by atoms with Gasteiger partial charge in [0.25, 0.3) is 0 Å². The number of hydrogen-bond acceptors (Lipinski definition) is 2. The van der Waals surface area contributed by atoms with Gasteiger partial charge in [-0.05, 0) is 11.6 Å². The molecule has 0 bridgehead atoms. The molecule has 0 fully saturated rings. The molecule has 0 radical (unpaired) electrons. The van der Waals surface area contributed by atoms with Crippen LogP contribution in [-0.4, -0.2) is 6.36 Å². The minimum Gasteiger partial charge on any atom is -0.489 e. The molecule has 0 aliphatic rings. The summed E-state index contributed by atoms with van der Waals surface area (Å²) < 4.78 is 58.3. The van der Waals surface area contributed by atoms with Crippen molar-refractivity contribution in [2.24, 2.45) is 0 Å². The molecule has 0 saturated carbocycles. The largest absolute Gasteiger partial charge is 0.522 e. The van der Waals surface area contributed by atoms with Gasteiger partial charge in [0.15, 0.2) is 0 Å². The second kappa shape index (κ2) is 6.58. The Balaban J connectivity index is 1.95. The predicted molar refractivity (Wildman–Crippen MR) is 68.0 cm³/mol. The van der Waals surface area contributed by atoms with E-state index in [1.54, 1.807) is 0 Å². The smallest absolute Gasteiger partial charge is 0.489 e. The summed E-state index contributed by atoms with van der Waals surface area (Å²) in [6.07, 6.45) is -4.78. The second-order valence-corrected chi connectivity index (χ2v) is 4.26. The van der Waals surface area contributed by atoms with Crippen LogP contribution in [0.4, 0.5) is 17.6 Å². The second-order valence-electron chi connectivity index (χ2n) is 4.26. The number of halogens is 4. The van der Waals surface area contributed by atoms with Crippen LogP contribution in [0.2, 0.25) is 0 Å². The maximum atomic E-state index is 13.6. The normalized spacial score (nSPS) is 11.4. The van der Waals surface area contributed by atoms with Crippen LogP contribution in [-0.2, 0) is 18.0 Å². The van der Waals surface area contributed by atoms with E-state index < -0.39 is 18.8 Å². The molecule has 0 N–H and O–H groups in total. The lowest BCUT2D eigenvalue weighted by Gasteiger charge is -2.10. The molecule has 0 saturated heterocycles. The average molecular weight is 300 g/mol. The van der Waals surface area contributed by atoms with Crippen LogP contribution in [0, 0.1) is 5.82 Å². The van der Waals surface area contributed by atoms with Crippen molar-refractivity contribution in [3.8, 4) is 5.75 Å². The zero-order valence-corrected chi connectivity index (χ0v) is 10.9. The summed E-state index contributed by atoms with van der Waals surface area (Å²) in [5.41, 5.74) is 0.724. The van der Waals surface area contributed by atoms with Crippen molar-refractivity contribution in [3.05, 3.63) is 65.5 Å². The highest BCUT2D eigenvalue weighted by Gasteiger charge is 2.29. The molecule has 0 unspecified atom stereocenters. The third-order valence-corrected chi connectivity index (χ3v) is 2.66. The first-order valence-corrected chi connectivity index (χ1v) is 6.10. The predicted octanol–water partition coefficient (Wildman–Crippen LogP) is 4.44. The summed E-state index contributed by atoms with van der Waals surface area (Å²) >= 11 is 0. The van der Waals surface area contributed by atoms with Gasteiger partial charge in [-0.1, -0.05) is 36.4 Å². The Kier molecular flexibility index (Phi) is 4.80. The van der Waals surface area contributed by atoms with Crippen LogP contribution in [0.5, 0.6) is 5.75 Å². The first-order valence-electron chi connectivity index (χ1n) is 6.10. The molecule has 112 valence electrons. The highest BCUT2D eigenvalue weighted by Crippen LogP contribution is 2.22. The number of alkyl halides is 3. The van der Waals surface area contributed by atoms with Crippen LogP contribution in [0.15, 0.2) is 48.5 Å². The molecule has 0 aromatic heterocycles. The van der Waals surface area contributed by atoms with E-state index in [-0.39, 0.29) is 17.9 Å². The van der Waals surface area contributed by atoms with Gasteiger partial charge in [-0.3, -0.25) is 4.74 Å². The van der Waals surface area contributed by atoms with Gasteiger partial charge in [-0.2, -0.15) is 0 Å². The fourth-order valence-electron chi connectivity index (χ4n) is 1.64. The molecule has 0 amide bonds. The molecular weight excluding hydrogens is 288 g/mol. The van der Waals surface area contributed by atoms with E-state index in [1.165, 1.54) is 12.1 Å². The average Bonchev–Trinajstić information content (AvgIpc) is 2.44. The molecule has 0 heterocycles. The maximum Gasteiger partial charge on any atom is 0.522 e. The van der Waals surface area contributed by atoms with Gasteiger partial charge in [-0.15, -0.1) is 13.2 Å². The molecule has 6 heteroatoms. The van der Waals surface area contributed by atoms with E-state index in [2.05, 4.69) is 4.74 Å². The lowest BCUT2D eigenvalue weighted by molar-refractivity contribution is -0.330. The summed E-state index contributed by atoms with van der Waals surface area (Å²) in [6.45, 7) is -0.618. The Morgan fingerprint density at radius 1 is 0.905 bits per heavy atom. The van der Waals surface area contributed by atoms with E-state index in [4.69, 9.17) is 4.74 Å². The lowest BCUT2D eigenvalue weighted by atomic mass is 10.2. The Hall–Kier alpha value is -2.08. The lowest BCUT2D eigenvalue weighted by Crippen LogP contribution is -2.13.